The van der Waals surface area contributed by atoms with Crippen LogP contribution in [0.15, 0.2) is 48.5 Å². The molecule has 0 aliphatic heterocycles. The molecule has 0 aliphatic rings. The molecule has 100 valence electrons. The molecule has 0 bridgehead atoms. The lowest BCUT2D eigenvalue weighted by Gasteiger charge is -2.23. The molecule has 2 nitrogen and oxygen atoms in total. The zero-order valence-corrected chi connectivity index (χ0v) is 11.1. The summed E-state index contributed by atoms with van der Waals surface area (Å²) in [5.41, 5.74) is 8.61. The normalized spacial score (nSPS) is 10.4. The standard InChI is InChI=1S/C16H19FN2/c1-2-19(16-5-3-4-14(17)12-16)11-10-13-6-8-15(18)9-7-13/h3-9,12H,2,10-11,18H2,1H3. The Labute approximate surface area is 113 Å². The van der Waals surface area contributed by atoms with Gasteiger partial charge in [0.1, 0.15) is 5.82 Å². The van der Waals surface area contributed by atoms with Gasteiger partial charge in [-0.3, -0.25) is 0 Å². The number of nitrogen functional groups attached to an aromatic ring is 1. The van der Waals surface area contributed by atoms with Crippen molar-refractivity contribution in [2.75, 3.05) is 23.7 Å². The molecule has 0 aromatic heterocycles. The Morgan fingerprint density at radius 2 is 1.84 bits per heavy atom. The fourth-order valence-electron chi connectivity index (χ4n) is 2.09. The van der Waals surface area contributed by atoms with E-state index in [4.69, 9.17) is 5.73 Å². The Hall–Kier alpha value is -2.03. The predicted molar refractivity (Wildman–Crippen MR) is 78.8 cm³/mol. The van der Waals surface area contributed by atoms with Crippen molar-refractivity contribution in [2.24, 2.45) is 0 Å². The van der Waals surface area contributed by atoms with E-state index in [1.165, 1.54) is 11.6 Å². The van der Waals surface area contributed by atoms with E-state index >= 15 is 0 Å². The quantitative estimate of drug-likeness (QED) is 0.832. The van der Waals surface area contributed by atoms with Gasteiger partial charge in [0, 0.05) is 24.5 Å². The summed E-state index contributed by atoms with van der Waals surface area (Å²) in [7, 11) is 0. The highest BCUT2D eigenvalue weighted by molar-refractivity contribution is 5.46. The van der Waals surface area contributed by atoms with Gasteiger partial charge in [0.05, 0.1) is 0 Å². The molecule has 2 N–H and O–H groups in total. The number of hydrogen-bond acceptors (Lipinski definition) is 2. The molecule has 0 saturated carbocycles. The Kier molecular flexibility index (Phi) is 4.39. The zero-order valence-electron chi connectivity index (χ0n) is 11.1. The lowest BCUT2D eigenvalue weighted by atomic mass is 10.1. The highest BCUT2D eigenvalue weighted by Crippen LogP contribution is 2.16. The maximum Gasteiger partial charge on any atom is 0.125 e. The molecule has 2 aromatic carbocycles. The van der Waals surface area contributed by atoms with Crippen LogP contribution in [0.1, 0.15) is 12.5 Å². The largest absolute Gasteiger partial charge is 0.399 e. The first-order chi connectivity index (χ1) is 9.19. The lowest BCUT2D eigenvalue weighted by Crippen LogP contribution is -2.25. The maximum atomic E-state index is 13.2. The van der Waals surface area contributed by atoms with Gasteiger partial charge >= 0.3 is 0 Å². The number of rotatable bonds is 5. The average molecular weight is 258 g/mol. The molecule has 0 amide bonds. The van der Waals surface area contributed by atoms with E-state index in [0.717, 1.165) is 30.9 Å². The Bertz CT molecular complexity index is 523. The highest BCUT2D eigenvalue weighted by atomic mass is 19.1. The van der Waals surface area contributed by atoms with Gasteiger partial charge in [-0.05, 0) is 49.2 Å². The zero-order chi connectivity index (χ0) is 13.7. The van der Waals surface area contributed by atoms with Crippen molar-refractivity contribution in [1.82, 2.24) is 0 Å². The van der Waals surface area contributed by atoms with Crippen molar-refractivity contribution in [3.05, 3.63) is 59.9 Å². The Morgan fingerprint density at radius 1 is 1.11 bits per heavy atom. The van der Waals surface area contributed by atoms with E-state index in [0.29, 0.717) is 0 Å². The molecule has 0 aliphatic carbocycles. The number of likely N-dealkylation sites (N-methyl/N-ethyl adjacent to an activating group) is 1. The minimum absolute atomic E-state index is 0.191. The molecule has 0 spiro atoms. The third kappa shape index (κ3) is 3.71. The van der Waals surface area contributed by atoms with Gasteiger partial charge < -0.3 is 10.6 Å². The Morgan fingerprint density at radius 3 is 2.47 bits per heavy atom. The van der Waals surface area contributed by atoms with Gasteiger partial charge in [-0.2, -0.15) is 0 Å². The SMILES string of the molecule is CCN(CCc1ccc(N)cc1)c1cccc(F)c1. The maximum absolute atomic E-state index is 13.2. The second kappa shape index (κ2) is 6.23. The molecule has 2 aromatic rings. The first kappa shape index (κ1) is 13.4. The van der Waals surface area contributed by atoms with Crippen LogP contribution < -0.4 is 10.6 Å². The summed E-state index contributed by atoms with van der Waals surface area (Å²) in [5, 5.41) is 0. The fraction of sp³-hybridized carbons (Fsp3) is 0.250. The Balaban J connectivity index is 2.01. The fourth-order valence-corrected chi connectivity index (χ4v) is 2.09. The summed E-state index contributed by atoms with van der Waals surface area (Å²) in [5.74, 6) is -0.191. The van der Waals surface area contributed by atoms with Crippen molar-refractivity contribution >= 4 is 11.4 Å². The summed E-state index contributed by atoms with van der Waals surface area (Å²) in [6, 6.07) is 14.6. The number of hydrogen-bond donors (Lipinski definition) is 1. The summed E-state index contributed by atoms with van der Waals surface area (Å²) < 4.78 is 13.2. The van der Waals surface area contributed by atoms with Gasteiger partial charge in [0.2, 0.25) is 0 Å². The highest BCUT2D eigenvalue weighted by Gasteiger charge is 2.05. The van der Waals surface area contributed by atoms with E-state index < -0.39 is 0 Å². The van der Waals surface area contributed by atoms with Crippen LogP contribution in [0.4, 0.5) is 15.8 Å². The van der Waals surface area contributed by atoms with E-state index in [1.807, 2.05) is 30.3 Å². The molecule has 0 fully saturated rings. The first-order valence-electron chi connectivity index (χ1n) is 6.54. The predicted octanol–water partition coefficient (Wildman–Crippen LogP) is 3.48. The van der Waals surface area contributed by atoms with Crippen LogP contribution in [-0.4, -0.2) is 13.1 Å². The van der Waals surface area contributed by atoms with Gasteiger partial charge in [-0.25, -0.2) is 4.39 Å². The third-order valence-electron chi connectivity index (χ3n) is 3.21. The van der Waals surface area contributed by atoms with E-state index in [9.17, 15) is 4.39 Å². The molecular weight excluding hydrogens is 239 g/mol. The lowest BCUT2D eigenvalue weighted by molar-refractivity contribution is 0.626. The minimum atomic E-state index is -0.191. The van der Waals surface area contributed by atoms with Crippen molar-refractivity contribution < 1.29 is 4.39 Å². The number of anilines is 2. The summed E-state index contributed by atoms with van der Waals surface area (Å²) >= 11 is 0. The molecule has 0 heterocycles. The molecule has 0 radical (unpaired) electrons. The number of halogens is 1. The second-order valence-corrected chi connectivity index (χ2v) is 4.55. The average Bonchev–Trinajstić information content (AvgIpc) is 2.42. The molecule has 2 rings (SSSR count). The van der Waals surface area contributed by atoms with Crippen LogP contribution in [0.25, 0.3) is 0 Å². The summed E-state index contributed by atoms with van der Waals surface area (Å²) in [6.45, 7) is 3.80. The van der Waals surface area contributed by atoms with Crippen LogP contribution in [-0.2, 0) is 6.42 Å². The smallest absolute Gasteiger partial charge is 0.125 e. The van der Waals surface area contributed by atoms with E-state index in [-0.39, 0.29) is 5.82 Å². The molecule has 3 heteroatoms. The number of benzene rings is 2. The molecule has 0 atom stereocenters. The van der Waals surface area contributed by atoms with Gasteiger partial charge in [0.25, 0.3) is 0 Å². The van der Waals surface area contributed by atoms with E-state index in [2.05, 4.69) is 11.8 Å². The van der Waals surface area contributed by atoms with Crippen molar-refractivity contribution in [3.8, 4) is 0 Å². The van der Waals surface area contributed by atoms with Gasteiger partial charge in [-0.15, -0.1) is 0 Å². The second-order valence-electron chi connectivity index (χ2n) is 4.55. The summed E-state index contributed by atoms with van der Waals surface area (Å²) in [6.07, 6.45) is 0.921. The van der Waals surface area contributed by atoms with Gasteiger partial charge in [-0.1, -0.05) is 18.2 Å². The van der Waals surface area contributed by atoms with Crippen LogP contribution in [0.5, 0.6) is 0 Å². The molecule has 0 saturated heterocycles. The molecule has 0 unspecified atom stereocenters. The number of nitrogens with zero attached hydrogens (tertiary/aromatic N) is 1. The molecule has 19 heavy (non-hydrogen) atoms. The van der Waals surface area contributed by atoms with Crippen LogP contribution in [0.3, 0.4) is 0 Å². The summed E-state index contributed by atoms with van der Waals surface area (Å²) in [4.78, 5) is 2.17. The van der Waals surface area contributed by atoms with Crippen molar-refractivity contribution in [2.45, 2.75) is 13.3 Å². The topological polar surface area (TPSA) is 29.3 Å². The van der Waals surface area contributed by atoms with E-state index in [1.54, 1.807) is 12.1 Å². The third-order valence-corrected chi connectivity index (χ3v) is 3.21. The minimum Gasteiger partial charge on any atom is -0.399 e. The number of nitrogens with two attached hydrogens (primary N) is 1. The van der Waals surface area contributed by atoms with Crippen LogP contribution >= 0.6 is 0 Å². The van der Waals surface area contributed by atoms with Crippen LogP contribution in [0.2, 0.25) is 0 Å². The van der Waals surface area contributed by atoms with Gasteiger partial charge in [0.15, 0.2) is 0 Å². The first-order valence-corrected chi connectivity index (χ1v) is 6.54. The van der Waals surface area contributed by atoms with Crippen molar-refractivity contribution in [1.29, 1.82) is 0 Å². The molecular formula is C16H19FN2. The monoisotopic (exact) mass is 258 g/mol. The van der Waals surface area contributed by atoms with Crippen molar-refractivity contribution in [3.63, 3.8) is 0 Å². The van der Waals surface area contributed by atoms with Crippen LogP contribution in [0, 0.1) is 5.82 Å².